The highest BCUT2D eigenvalue weighted by Crippen LogP contribution is 2.16. The summed E-state index contributed by atoms with van der Waals surface area (Å²) in [4.78, 5) is 37.9. The van der Waals surface area contributed by atoms with Crippen molar-refractivity contribution in [2.24, 2.45) is 0 Å². The van der Waals surface area contributed by atoms with Crippen molar-refractivity contribution >= 4 is 17.9 Å². The number of allylic oxidation sites excluding steroid dienone is 8. The molecule has 0 saturated heterocycles. The van der Waals surface area contributed by atoms with Gasteiger partial charge < -0.3 is 14.2 Å². The molecule has 0 bridgehead atoms. The molecule has 0 aliphatic heterocycles. The molecule has 0 aliphatic rings. The van der Waals surface area contributed by atoms with Gasteiger partial charge in [0, 0.05) is 19.3 Å². The Kier molecular flexibility index (Phi) is 54.8. The maximum Gasteiger partial charge on any atom is 0.306 e. The van der Waals surface area contributed by atoms with Crippen molar-refractivity contribution in [3.8, 4) is 0 Å². The summed E-state index contributed by atoms with van der Waals surface area (Å²) in [5, 5.41) is 0. The number of hydrogen-bond donors (Lipinski definition) is 0. The van der Waals surface area contributed by atoms with Crippen LogP contribution in [0.3, 0.4) is 0 Å². The standard InChI is InChI=1S/C62H112O6/c1-4-7-10-13-16-19-21-22-23-24-25-26-27-28-29-30-31-32-33-34-35-36-37-38-39-40-41-44-46-49-52-55-61(64)67-58-59(57-66-60(63)54-51-48-45-42-18-15-12-9-6-3)68-62(65)56-53-50-47-43-20-17-14-11-8-5-2/h11,14,21-22,24-25,27-28,59H,4-10,12-13,15-20,23,26,29-58H2,1-3H3/b14-11-,22-21-,25-24-,28-27-. The first-order chi connectivity index (χ1) is 33.5. The molecule has 0 heterocycles. The molecule has 68 heavy (non-hydrogen) atoms. The Balaban J connectivity index is 4.00. The zero-order valence-electron chi connectivity index (χ0n) is 45.4. The van der Waals surface area contributed by atoms with Crippen LogP contribution in [-0.4, -0.2) is 37.2 Å². The quantitative estimate of drug-likeness (QED) is 0.0262. The van der Waals surface area contributed by atoms with E-state index in [-0.39, 0.29) is 31.1 Å². The first-order valence-corrected chi connectivity index (χ1v) is 29.6. The van der Waals surface area contributed by atoms with Crippen molar-refractivity contribution < 1.29 is 28.6 Å². The molecule has 0 N–H and O–H groups in total. The van der Waals surface area contributed by atoms with Gasteiger partial charge in [-0.15, -0.1) is 0 Å². The van der Waals surface area contributed by atoms with E-state index in [0.717, 1.165) is 89.9 Å². The molecule has 0 aliphatic carbocycles. The number of ether oxygens (including phenoxy) is 3. The Hall–Kier alpha value is -2.63. The summed E-state index contributed by atoms with van der Waals surface area (Å²) < 4.78 is 16.8. The fourth-order valence-electron chi connectivity index (χ4n) is 8.57. The lowest BCUT2D eigenvalue weighted by Crippen LogP contribution is -2.30. The van der Waals surface area contributed by atoms with Crippen LogP contribution in [-0.2, 0) is 28.6 Å². The van der Waals surface area contributed by atoms with Crippen LogP contribution >= 0.6 is 0 Å². The van der Waals surface area contributed by atoms with Crippen molar-refractivity contribution in [1.82, 2.24) is 0 Å². The molecule has 0 fully saturated rings. The minimum atomic E-state index is -0.771. The maximum atomic E-state index is 12.7. The van der Waals surface area contributed by atoms with Crippen molar-refractivity contribution in [3.63, 3.8) is 0 Å². The number of hydrogen-bond acceptors (Lipinski definition) is 6. The first kappa shape index (κ1) is 65.4. The van der Waals surface area contributed by atoms with Crippen LogP contribution in [0.25, 0.3) is 0 Å². The van der Waals surface area contributed by atoms with Gasteiger partial charge in [-0.1, -0.05) is 262 Å². The van der Waals surface area contributed by atoms with Crippen molar-refractivity contribution in [3.05, 3.63) is 48.6 Å². The third-order valence-electron chi connectivity index (χ3n) is 13.0. The van der Waals surface area contributed by atoms with Crippen molar-refractivity contribution in [1.29, 1.82) is 0 Å². The SMILES string of the molecule is CCC/C=C\CCCCCCCC(=O)OC(COC(=O)CCCCCCCCCCC)COC(=O)CCCCCCCCCCCCCCCCCC/C=C\C/C=C\C/C=C\CCCCCCC. The van der Waals surface area contributed by atoms with E-state index in [4.69, 9.17) is 14.2 Å². The monoisotopic (exact) mass is 953 g/mol. The summed E-state index contributed by atoms with van der Waals surface area (Å²) in [5.74, 6) is -0.876. The summed E-state index contributed by atoms with van der Waals surface area (Å²) in [6, 6.07) is 0. The van der Waals surface area contributed by atoms with Crippen LogP contribution in [0, 0.1) is 0 Å². The Morgan fingerprint density at radius 2 is 0.559 bits per heavy atom. The second kappa shape index (κ2) is 57.0. The van der Waals surface area contributed by atoms with E-state index in [1.807, 2.05) is 0 Å². The van der Waals surface area contributed by atoms with Gasteiger partial charge in [-0.25, -0.2) is 0 Å². The molecule has 0 aromatic rings. The van der Waals surface area contributed by atoms with Crippen LogP contribution in [0.15, 0.2) is 48.6 Å². The highest BCUT2D eigenvalue weighted by atomic mass is 16.6. The minimum Gasteiger partial charge on any atom is -0.462 e. The van der Waals surface area contributed by atoms with Gasteiger partial charge in [0.15, 0.2) is 6.10 Å². The van der Waals surface area contributed by atoms with Crippen LogP contribution in [0.4, 0.5) is 0 Å². The Morgan fingerprint density at radius 1 is 0.294 bits per heavy atom. The molecule has 0 rings (SSSR count). The average molecular weight is 954 g/mol. The van der Waals surface area contributed by atoms with Gasteiger partial charge >= 0.3 is 17.9 Å². The molecular formula is C62H112O6. The zero-order valence-corrected chi connectivity index (χ0v) is 45.4. The number of esters is 3. The van der Waals surface area contributed by atoms with Gasteiger partial charge in [0.1, 0.15) is 13.2 Å². The maximum absolute atomic E-state index is 12.7. The molecule has 396 valence electrons. The fourth-order valence-corrected chi connectivity index (χ4v) is 8.57. The van der Waals surface area contributed by atoms with Crippen molar-refractivity contribution in [2.45, 2.75) is 316 Å². The largest absolute Gasteiger partial charge is 0.462 e. The Labute approximate surface area is 422 Å². The molecule has 0 aromatic heterocycles. The van der Waals surface area contributed by atoms with Gasteiger partial charge in [0.2, 0.25) is 0 Å². The summed E-state index contributed by atoms with van der Waals surface area (Å²) >= 11 is 0. The number of carbonyl (C=O) groups excluding carboxylic acids is 3. The summed E-state index contributed by atoms with van der Waals surface area (Å²) in [6.07, 6.45) is 70.0. The normalized spacial score (nSPS) is 12.3. The van der Waals surface area contributed by atoms with E-state index in [0.29, 0.717) is 19.3 Å². The first-order valence-electron chi connectivity index (χ1n) is 29.6. The molecular weight excluding hydrogens is 841 g/mol. The van der Waals surface area contributed by atoms with E-state index < -0.39 is 6.10 Å². The van der Waals surface area contributed by atoms with Gasteiger partial charge in [0.25, 0.3) is 0 Å². The number of carbonyl (C=O) groups is 3. The van der Waals surface area contributed by atoms with Gasteiger partial charge in [-0.05, 0) is 77.0 Å². The van der Waals surface area contributed by atoms with Gasteiger partial charge in [-0.3, -0.25) is 14.4 Å². The molecule has 0 aromatic carbocycles. The Bertz CT molecular complexity index is 1190. The minimum absolute atomic E-state index is 0.0730. The smallest absolute Gasteiger partial charge is 0.306 e. The molecule has 0 saturated carbocycles. The predicted octanol–water partition coefficient (Wildman–Crippen LogP) is 19.8. The van der Waals surface area contributed by atoms with Crippen molar-refractivity contribution in [2.75, 3.05) is 13.2 Å². The van der Waals surface area contributed by atoms with E-state index in [1.54, 1.807) is 0 Å². The van der Waals surface area contributed by atoms with Crippen LogP contribution in [0.1, 0.15) is 310 Å². The van der Waals surface area contributed by atoms with E-state index in [9.17, 15) is 14.4 Å². The molecule has 0 radical (unpaired) electrons. The highest BCUT2D eigenvalue weighted by molar-refractivity contribution is 5.71. The molecule has 6 heteroatoms. The summed E-state index contributed by atoms with van der Waals surface area (Å²) in [5.41, 5.74) is 0. The third-order valence-corrected chi connectivity index (χ3v) is 13.0. The van der Waals surface area contributed by atoms with Crippen LogP contribution in [0.2, 0.25) is 0 Å². The molecule has 0 spiro atoms. The predicted molar refractivity (Wildman–Crippen MR) is 293 cm³/mol. The highest BCUT2D eigenvalue weighted by Gasteiger charge is 2.19. The molecule has 0 amide bonds. The summed E-state index contributed by atoms with van der Waals surface area (Å²) in [6.45, 7) is 6.56. The number of rotatable bonds is 54. The van der Waals surface area contributed by atoms with E-state index in [2.05, 4.69) is 69.4 Å². The topological polar surface area (TPSA) is 78.9 Å². The fraction of sp³-hybridized carbons (Fsp3) is 0.823. The van der Waals surface area contributed by atoms with Crippen LogP contribution in [0.5, 0.6) is 0 Å². The van der Waals surface area contributed by atoms with E-state index >= 15 is 0 Å². The lowest BCUT2D eigenvalue weighted by molar-refractivity contribution is -0.167. The zero-order chi connectivity index (χ0) is 49.3. The third kappa shape index (κ3) is 54.3. The second-order valence-corrected chi connectivity index (χ2v) is 19.9. The van der Waals surface area contributed by atoms with E-state index in [1.165, 1.54) is 180 Å². The second-order valence-electron chi connectivity index (χ2n) is 19.9. The molecule has 6 nitrogen and oxygen atoms in total. The Morgan fingerprint density at radius 3 is 0.897 bits per heavy atom. The molecule has 1 unspecified atom stereocenters. The molecule has 1 atom stereocenters. The average Bonchev–Trinajstić information content (AvgIpc) is 3.34. The van der Waals surface area contributed by atoms with Gasteiger partial charge in [-0.2, -0.15) is 0 Å². The lowest BCUT2D eigenvalue weighted by atomic mass is 10.0. The number of unbranched alkanes of at least 4 members (excludes halogenated alkanes) is 35. The van der Waals surface area contributed by atoms with Gasteiger partial charge in [0.05, 0.1) is 0 Å². The summed E-state index contributed by atoms with van der Waals surface area (Å²) in [7, 11) is 0. The van der Waals surface area contributed by atoms with Crippen LogP contribution < -0.4 is 0 Å². The lowest BCUT2D eigenvalue weighted by Gasteiger charge is -2.18.